The molecule has 1 amide bonds. The number of fused-ring (bicyclic) bond motifs is 1. The van der Waals surface area contributed by atoms with Crippen LogP contribution in [0.25, 0.3) is 11.0 Å². The van der Waals surface area contributed by atoms with Gasteiger partial charge >= 0.3 is 0 Å². The van der Waals surface area contributed by atoms with Crippen molar-refractivity contribution in [3.63, 3.8) is 0 Å². The van der Waals surface area contributed by atoms with Crippen LogP contribution in [0, 0.1) is 6.92 Å². The summed E-state index contributed by atoms with van der Waals surface area (Å²) >= 11 is 0. The number of nitrogens with one attached hydrogen (secondary N) is 1. The molecule has 0 aliphatic rings. The minimum Gasteiger partial charge on any atom is -0.451 e. The van der Waals surface area contributed by atoms with Gasteiger partial charge in [-0.05, 0) is 36.8 Å². The molecule has 94 valence electrons. The summed E-state index contributed by atoms with van der Waals surface area (Å²) in [5, 5.41) is 3.60. The molecule has 0 fully saturated rings. The molecule has 0 unspecified atom stereocenters. The molecule has 19 heavy (non-hydrogen) atoms. The van der Waals surface area contributed by atoms with Crippen molar-refractivity contribution in [3.8, 4) is 0 Å². The van der Waals surface area contributed by atoms with Crippen LogP contribution < -0.4 is 5.32 Å². The number of hydrogen-bond acceptors (Lipinski definition) is 3. The van der Waals surface area contributed by atoms with E-state index in [4.69, 9.17) is 4.42 Å². The molecule has 0 atom stereocenters. The molecule has 1 N–H and O–H groups in total. The van der Waals surface area contributed by atoms with Crippen LogP contribution >= 0.6 is 0 Å². The maximum atomic E-state index is 12.0. The van der Waals surface area contributed by atoms with Gasteiger partial charge in [0.05, 0.1) is 0 Å². The number of hydrogen-bond donors (Lipinski definition) is 1. The van der Waals surface area contributed by atoms with E-state index in [0.717, 1.165) is 10.9 Å². The number of nitrogens with zero attached hydrogens (tertiary/aromatic N) is 1. The first kappa shape index (κ1) is 11.5. The molecule has 4 nitrogen and oxygen atoms in total. The van der Waals surface area contributed by atoms with Crippen molar-refractivity contribution in [1.82, 2.24) is 4.98 Å². The smallest absolute Gasteiger partial charge is 0.292 e. The van der Waals surface area contributed by atoms with Crippen LogP contribution in [0.5, 0.6) is 0 Å². The summed E-state index contributed by atoms with van der Waals surface area (Å²) in [5.74, 6) is 0.489. The lowest BCUT2D eigenvalue weighted by molar-refractivity contribution is 0.0998. The third-order valence-corrected chi connectivity index (χ3v) is 2.81. The Balaban J connectivity index is 1.89. The van der Waals surface area contributed by atoms with Crippen molar-refractivity contribution in [2.24, 2.45) is 0 Å². The summed E-state index contributed by atoms with van der Waals surface area (Å²) in [5.41, 5.74) is 1.81. The fourth-order valence-corrected chi connectivity index (χ4v) is 1.86. The number of rotatable bonds is 2. The summed E-state index contributed by atoms with van der Waals surface area (Å²) in [6.45, 7) is 1.98. The molecule has 0 bridgehead atoms. The second-order valence-corrected chi connectivity index (χ2v) is 4.32. The van der Waals surface area contributed by atoms with Crippen molar-refractivity contribution in [3.05, 3.63) is 60.0 Å². The molecule has 1 aromatic carbocycles. The minimum absolute atomic E-state index is 0.284. The molecule has 4 heteroatoms. The van der Waals surface area contributed by atoms with Crippen LogP contribution in [-0.4, -0.2) is 10.9 Å². The minimum atomic E-state index is -0.299. The highest BCUT2D eigenvalue weighted by Gasteiger charge is 2.12. The zero-order chi connectivity index (χ0) is 13.2. The average molecular weight is 252 g/mol. The van der Waals surface area contributed by atoms with Gasteiger partial charge in [-0.25, -0.2) is 4.98 Å². The quantitative estimate of drug-likeness (QED) is 0.760. The number of aryl methyl sites for hydroxylation is 1. The highest BCUT2D eigenvalue weighted by Crippen LogP contribution is 2.21. The van der Waals surface area contributed by atoms with Crippen LogP contribution in [-0.2, 0) is 0 Å². The number of pyridine rings is 1. The summed E-state index contributed by atoms with van der Waals surface area (Å²) in [6.07, 6.45) is 1.62. The zero-order valence-electron chi connectivity index (χ0n) is 10.4. The number of anilines is 1. The van der Waals surface area contributed by atoms with Crippen molar-refractivity contribution >= 4 is 22.7 Å². The highest BCUT2D eigenvalue weighted by atomic mass is 16.3. The number of furan rings is 1. The Morgan fingerprint density at radius 3 is 2.89 bits per heavy atom. The Morgan fingerprint density at radius 1 is 1.21 bits per heavy atom. The maximum absolute atomic E-state index is 12.0. The van der Waals surface area contributed by atoms with E-state index in [2.05, 4.69) is 10.3 Å². The van der Waals surface area contributed by atoms with Crippen molar-refractivity contribution in [2.75, 3.05) is 5.32 Å². The topological polar surface area (TPSA) is 55.1 Å². The van der Waals surface area contributed by atoms with E-state index >= 15 is 0 Å². The number of benzene rings is 1. The second-order valence-electron chi connectivity index (χ2n) is 4.32. The standard InChI is InChI=1S/C15H12N2O2/c1-10-5-6-11-9-13(19-12(11)8-10)15(18)17-14-4-2-3-7-16-14/h2-9H,1H3,(H,16,17,18). The fraction of sp³-hybridized carbons (Fsp3) is 0.0667. The van der Waals surface area contributed by atoms with Crippen LogP contribution in [0.2, 0.25) is 0 Å². The molecule has 2 aromatic heterocycles. The van der Waals surface area contributed by atoms with E-state index in [1.54, 1.807) is 24.4 Å². The number of carbonyl (C=O) groups excluding carboxylic acids is 1. The molecule has 3 rings (SSSR count). The van der Waals surface area contributed by atoms with E-state index in [9.17, 15) is 4.79 Å². The van der Waals surface area contributed by atoms with E-state index in [1.165, 1.54) is 0 Å². The Bertz CT molecular complexity index is 732. The van der Waals surface area contributed by atoms with Crippen LogP contribution in [0.3, 0.4) is 0 Å². The first-order chi connectivity index (χ1) is 9.22. The lowest BCUT2D eigenvalue weighted by Crippen LogP contribution is -2.11. The Labute approximate surface area is 110 Å². The van der Waals surface area contributed by atoms with Crippen molar-refractivity contribution < 1.29 is 9.21 Å². The van der Waals surface area contributed by atoms with Gasteiger partial charge in [0.1, 0.15) is 11.4 Å². The van der Waals surface area contributed by atoms with E-state index in [1.807, 2.05) is 31.2 Å². The maximum Gasteiger partial charge on any atom is 0.292 e. The largest absolute Gasteiger partial charge is 0.451 e. The number of aromatic nitrogens is 1. The monoisotopic (exact) mass is 252 g/mol. The van der Waals surface area contributed by atoms with Crippen LogP contribution in [0.1, 0.15) is 16.1 Å². The molecule has 0 aliphatic heterocycles. The predicted octanol–water partition coefficient (Wildman–Crippen LogP) is 3.39. The van der Waals surface area contributed by atoms with Crippen LogP contribution in [0.15, 0.2) is 53.1 Å². The number of amides is 1. The lowest BCUT2D eigenvalue weighted by Gasteiger charge is -2.00. The summed E-state index contributed by atoms with van der Waals surface area (Å²) in [4.78, 5) is 16.1. The summed E-state index contributed by atoms with van der Waals surface area (Å²) in [7, 11) is 0. The summed E-state index contributed by atoms with van der Waals surface area (Å²) < 4.78 is 5.54. The summed E-state index contributed by atoms with van der Waals surface area (Å²) in [6, 6.07) is 12.9. The molecule has 0 saturated carbocycles. The van der Waals surface area contributed by atoms with Crippen LogP contribution in [0.4, 0.5) is 5.82 Å². The van der Waals surface area contributed by atoms with E-state index in [-0.39, 0.29) is 11.7 Å². The van der Waals surface area contributed by atoms with Gasteiger partial charge in [-0.15, -0.1) is 0 Å². The number of carbonyl (C=O) groups is 1. The van der Waals surface area contributed by atoms with Gasteiger partial charge in [0.2, 0.25) is 0 Å². The predicted molar refractivity (Wildman–Crippen MR) is 73.1 cm³/mol. The molecule has 0 spiro atoms. The molecular formula is C15H12N2O2. The Kier molecular flexibility index (Phi) is 2.76. The molecule has 3 aromatic rings. The van der Waals surface area contributed by atoms with Crippen molar-refractivity contribution in [1.29, 1.82) is 0 Å². The van der Waals surface area contributed by atoms with Gasteiger partial charge in [0, 0.05) is 11.6 Å². The second kappa shape index (κ2) is 4.57. The van der Waals surface area contributed by atoms with E-state index < -0.39 is 0 Å². The Hall–Kier alpha value is -2.62. The first-order valence-electron chi connectivity index (χ1n) is 5.95. The normalized spacial score (nSPS) is 10.6. The average Bonchev–Trinajstić information content (AvgIpc) is 2.83. The zero-order valence-corrected chi connectivity index (χ0v) is 10.4. The van der Waals surface area contributed by atoms with E-state index in [0.29, 0.717) is 11.4 Å². The van der Waals surface area contributed by atoms with Gasteiger partial charge in [-0.2, -0.15) is 0 Å². The van der Waals surface area contributed by atoms with Gasteiger partial charge in [-0.3, -0.25) is 4.79 Å². The molecule has 0 radical (unpaired) electrons. The molecule has 2 heterocycles. The molecular weight excluding hydrogens is 240 g/mol. The molecule has 0 saturated heterocycles. The van der Waals surface area contributed by atoms with Gasteiger partial charge in [0.25, 0.3) is 5.91 Å². The SMILES string of the molecule is Cc1ccc2cc(C(=O)Nc3ccccn3)oc2c1. The Morgan fingerprint density at radius 2 is 2.11 bits per heavy atom. The highest BCUT2D eigenvalue weighted by molar-refractivity contribution is 6.04. The van der Waals surface area contributed by atoms with Gasteiger partial charge in [-0.1, -0.05) is 18.2 Å². The lowest BCUT2D eigenvalue weighted by atomic mass is 10.2. The third kappa shape index (κ3) is 2.33. The molecule has 0 aliphatic carbocycles. The third-order valence-electron chi connectivity index (χ3n) is 2.81. The fourth-order valence-electron chi connectivity index (χ4n) is 1.86. The van der Waals surface area contributed by atoms with Gasteiger partial charge in [0.15, 0.2) is 5.76 Å². The van der Waals surface area contributed by atoms with Gasteiger partial charge < -0.3 is 9.73 Å². The first-order valence-corrected chi connectivity index (χ1v) is 5.95. The van der Waals surface area contributed by atoms with Crippen molar-refractivity contribution in [2.45, 2.75) is 6.92 Å².